The summed E-state index contributed by atoms with van der Waals surface area (Å²) < 4.78 is 7.65. The van der Waals surface area contributed by atoms with Crippen LogP contribution in [0.25, 0.3) is 21.8 Å². The van der Waals surface area contributed by atoms with Crippen molar-refractivity contribution in [1.29, 1.82) is 0 Å². The number of hydrogen-bond acceptors (Lipinski definition) is 4. The van der Waals surface area contributed by atoms with Crippen LogP contribution in [-0.4, -0.2) is 21.8 Å². The molecule has 5 nitrogen and oxygen atoms in total. The van der Waals surface area contributed by atoms with E-state index in [2.05, 4.69) is 47.0 Å². The minimum absolute atomic E-state index is 0.248. The second kappa shape index (κ2) is 8.36. The molecular weight excluding hydrogens is 398 g/mol. The van der Waals surface area contributed by atoms with Gasteiger partial charge < -0.3 is 20.1 Å². The number of phenolic OH excluding ortho intramolecular Hbond substituents is 1. The molecule has 1 atom stereocenters. The predicted molar refractivity (Wildman–Crippen MR) is 128 cm³/mol. The molecule has 160 valence electrons. The molecular formula is C27H25N3O2. The van der Waals surface area contributed by atoms with E-state index in [1.807, 2.05) is 30.3 Å². The van der Waals surface area contributed by atoms with Gasteiger partial charge in [0.1, 0.15) is 17.3 Å². The third-order valence-corrected chi connectivity index (χ3v) is 5.86. The van der Waals surface area contributed by atoms with E-state index in [4.69, 9.17) is 15.5 Å². The summed E-state index contributed by atoms with van der Waals surface area (Å²) in [7, 11) is 1.67. The minimum atomic E-state index is -0.293. The molecule has 0 spiro atoms. The Morgan fingerprint density at radius 3 is 2.44 bits per heavy atom. The summed E-state index contributed by atoms with van der Waals surface area (Å²) in [6.45, 7) is 0.660. The lowest BCUT2D eigenvalue weighted by Gasteiger charge is -2.16. The molecule has 5 heteroatoms. The third kappa shape index (κ3) is 3.90. The van der Waals surface area contributed by atoms with Crippen molar-refractivity contribution in [3.8, 4) is 11.5 Å². The molecule has 1 unspecified atom stereocenters. The Bertz CT molecular complexity index is 1390. The summed E-state index contributed by atoms with van der Waals surface area (Å²) in [6, 6.07) is 27.7. The van der Waals surface area contributed by atoms with Crippen molar-refractivity contribution >= 4 is 21.8 Å². The van der Waals surface area contributed by atoms with Crippen LogP contribution in [-0.2, 0) is 13.0 Å². The van der Waals surface area contributed by atoms with Gasteiger partial charge in [-0.3, -0.25) is 0 Å². The number of nitrogens with zero attached hydrogens (tertiary/aromatic N) is 2. The molecule has 0 bridgehead atoms. The molecule has 0 aliphatic heterocycles. The number of benzene rings is 4. The molecule has 0 aliphatic rings. The maximum atomic E-state index is 9.58. The monoisotopic (exact) mass is 423 g/mol. The number of phenols is 1. The van der Waals surface area contributed by atoms with E-state index in [9.17, 15) is 5.11 Å². The zero-order valence-electron chi connectivity index (χ0n) is 17.9. The van der Waals surface area contributed by atoms with Crippen LogP contribution in [0.4, 0.5) is 0 Å². The maximum absolute atomic E-state index is 9.58. The topological polar surface area (TPSA) is 73.3 Å². The van der Waals surface area contributed by atoms with E-state index >= 15 is 0 Å². The molecule has 1 aromatic heterocycles. The molecule has 5 rings (SSSR count). The number of ether oxygens (including phenoxy) is 1. The molecule has 0 fully saturated rings. The van der Waals surface area contributed by atoms with Crippen molar-refractivity contribution in [2.24, 2.45) is 5.73 Å². The van der Waals surface area contributed by atoms with Gasteiger partial charge in [-0.2, -0.15) is 0 Å². The molecule has 0 aliphatic carbocycles. The fourth-order valence-electron chi connectivity index (χ4n) is 4.19. The Morgan fingerprint density at radius 1 is 0.906 bits per heavy atom. The number of aromatic hydroxyl groups is 1. The van der Waals surface area contributed by atoms with Crippen LogP contribution in [0.15, 0.2) is 84.9 Å². The summed E-state index contributed by atoms with van der Waals surface area (Å²) in [5.41, 5.74) is 10.8. The van der Waals surface area contributed by atoms with E-state index in [0.717, 1.165) is 28.2 Å². The molecule has 5 aromatic rings. The lowest BCUT2D eigenvalue weighted by Crippen LogP contribution is -2.19. The Balaban J connectivity index is 1.56. The van der Waals surface area contributed by atoms with Gasteiger partial charge in [-0.25, -0.2) is 4.98 Å². The van der Waals surface area contributed by atoms with Crippen LogP contribution in [0.1, 0.15) is 23.0 Å². The normalized spacial score (nSPS) is 12.3. The van der Waals surface area contributed by atoms with Crippen molar-refractivity contribution in [2.45, 2.75) is 19.0 Å². The van der Waals surface area contributed by atoms with Gasteiger partial charge in [0.15, 0.2) is 0 Å². The lowest BCUT2D eigenvalue weighted by molar-refractivity contribution is 0.415. The standard InChI is InChI=1S/C27H25N3O2/c1-32-23-12-13-25-26(16-23)30(17-19-6-9-20-4-2-3-5-21(20)14-19)27(29-25)24(28)15-18-7-10-22(31)11-8-18/h2-14,16,24,31H,15,17,28H2,1H3. The van der Waals surface area contributed by atoms with Crippen LogP contribution in [0, 0.1) is 0 Å². The molecule has 0 saturated heterocycles. The highest BCUT2D eigenvalue weighted by Gasteiger charge is 2.19. The van der Waals surface area contributed by atoms with Gasteiger partial charge in [-0.15, -0.1) is 0 Å². The average molecular weight is 424 g/mol. The zero-order chi connectivity index (χ0) is 22.1. The van der Waals surface area contributed by atoms with E-state index in [0.29, 0.717) is 13.0 Å². The SMILES string of the molecule is COc1ccc2nc(C(N)Cc3ccc(O)cc3)n(Cc3ccc4ccccc4c3)c2c1. The lowest BCUT2D eigenvalue weighted by atomic mass is 10.1. The number of fused-ring (bicyclic) bond motifs is 2. The molecule has 32 heavy (non-hydrogen) atoms. The first kappa shape index (κ1) is 20.1. The summed E-state index contributed by atoms with van der Waals surface area (Å²) in [5.74, 6) is 1.86. The summed E-state index contributed by atoms with van der Waals surface area (Å²) >= 11 is 0. The molecule has 0 saturated carbocycles. The highest BCUT2D eigenvalue weighted by Crippen LogP contribution is 2.27. The maximum Gasteiger partial charge on any atom is 0.127 e. The number of aromatic nitrogens is 2. The van der Waals surface area contributed by atoms with Gasteiger partial charge in [-0.1, -0.05) is 48.5 Å². The van der Waals surface area contributed by atoms with Gasteiger partial charge in [-0.05, 0) is 58.7 Å². The van der Waals surface area contributed by atoms with Crippen molar-refractivity contribution in [1.82, 2.24) is 9.55 Å². The van der Waals surface area contributed by atoms with Crippen molar-refractivity contribution < 1.29 is 9.84 Å². The van der Waals surface area contributed by atoms with Crippen LogP contribution in [0.5, 0.6) is 11.5 Å². The number of imidazole rings is 1. The van der Waals surface area contributed by atoms with E-state index in [-0.39, 0.29) is 11.8 Å². The largest absolute Gasteiger partial charge is 0.508 e. The first-order valence-corrected chi connectivity index (χ1v) is 10.7. The third-order valence-electron chi connectivity index (χ3n) is 5.86. The first-order chi connectivity index (χ1) is 15.6. The molecule has 0 radical (unpaired) electrons. The Labute approximate surface area is 186 Å². The highest BCUT2D eigenvalue weighted by atomic mass is 16.5. The highest BCUT2D eigenvalue weighted by molar-refractivity contribution is 5.83. The second-order valence-corrected chi connectivity index (χ2v) is 8.07. The van der Waals surface area contributed by atoms with Gasteiger partial charge in [0.25, 0.3) is 0 Å². The van der Waals surface area contributed by atoms with Crippen LogP contribution < -0.4 is 10.5 Å². The van der Waals surface area contributed by atoms with Gasteiger partial charge in [0, 0.05) is 12.6 Å². The van der Waals surface area contributed by atoms with E-state index < -0.39 is 0 Å². The van der Waals surface area contributed by atoms with Gasteiger partial charge >= 0.3 is 0 Å². The van der Waals surface area contributed by atoms with Gasteiger partial charge in [0.05, 0.1) is 24.2 Å². The number of nitrogens with two attached hydrogens (primary N) is 1. The van der Waals surface area contributed by atoms with Crippen LogP contribution >= 0.6 is 0 Å². The number of hydrogen-bond donors (Lipinski definition) is 2. The number of methoxy groups -OCH3 is 1. The summed E-state index contributed by atoms with van der Waals surface area (Å²) in [6.07, 6.45) is 0.623. The van der Waals surface area contributed by atoms with Crippen molar-refractivity contribution in [2.75, 3.05) is 7.11 Å². The Hall–Kier alpha value is -3.83. The second-order valence-electron chi connectivity index (χ2n) is 8.07. The van der Waals surface area contributed by atoms with Crippen molar-refractivity contribution in [3.63, 3.8) is 0 Å². The zero-order valence-corrected chi connectivity index (χ0v) is 17.9. The fraction of sp³-hybridized carbons (Fsp3) is 0.148. The van der Waals surface area contributed by atoms with Crippen LogP contribution in [0.2, 0.25) is 0 Å². The van der Waals surface area contributed by atoms with Crippen LogP contribution in [0.3, 0.4) is 0 Å². The van der Waals surface area contributed by atoms with E-state index in [1.54, 1.807) is 19.2 Å². The smallest absolute Gasteiger partial charge is 0.127 e. The quantitative estimate of drug-likeness (QED) is 0.394. The molecule has 4 aromatic carbocycles. The molecule has 3 N–H and O–H groups in total. The minimum Gasteiger partial charge on any atom is -0.508 e. The number of rotatable bonds is 6. The summed E-state index contributed by atoms with van der Waals surface area (Å²) in [4.78, 5) is 4.89. The van der Waals surface area contributed by atoms with Crippen molar-refractivity contribution in [3.05, 3.63) is 102 Å². The molecule has 1 heterocycles. The van der Waals surface area contributed by atoms with Gasteiger partial charge in [0.2, 0.25) is 0 Å². The molecule has 0 amide bonds. The van der Waals surface area contributed by atoms with E-state index in [1.165, 1.54) is 16.3 Å². The predicted octanol–water partition coefficient (Wildman–Crippen LogP) is 5.19. The Kier molecular flexibility index (Phi) is 5.25. The first-order valence-electron chi connectivity index (χ1n) is 10.7. The Morgan fingerprint density at radius 2 is 1.66 bits per heavy atom. The fourth-order valence-corrected chi connectivity index (χ4v) is 4.19. The summed E-state index contributed by atoms with van der Waals surface area (Å²) in [5, 5.41) is 12.0. The average Bonchev–Trinajstić information content (AvgIpc) is 3.18.